The number of fused-ring (bicyclic) bond motifs is 1. The van der Waals surface area contributed by atoms with Crippen LogP contribution in [0.5, 0.6) is 5.75 Å². The van der Waals surface area contributed by atoms with Gasteiger partial charge in [0.2, 0.25) is 0 Å². The average molecular weight is 393 g/mol. The van der Waals surface area contributed by atoms with Gasteiger partial charge < -0.3 is 15.4 Å². The Balaban J connectivity index is 1.79. The Morgan fingerprint density at radius 2 is 1.79 bits per heavy atom. The van der Waals surface area contributed by atoms with Crippen LogP contribution in [0.1, 0.15) is 29.8 Å². The zero-order valence-corrected chi connectivity index (χ0v) is 16.6. The van der Waals surface area contributed by atoms with Crippen molar-refractivity contribution < 1.29 is 14.5 Å². The van der Waals surface area contributed by atoms with E-state index >= 15 is 0 Å². The second-order valence-electron chi connectivity index (χ2n) is 7.02. The highest BCUT2D eigenvalue weighted by Gasteiger charge is 2.18. The highest BCUT2D eigenvalue weighted by atomic mass is 16.6. The van der Waals surface area contributed by atoms with Gasteiger partial charge in [-0.3, -0.25) is 14.9 Å². The van der Waals surface area contributed by atoms with E-state index in [0.717, 1.165) is 22.1 Å². The molecule has 150 valence electrons. The number of amides is 1. The lowest BCUT2D eigenvalue weighted by Gasteiger charge is -2.11. The number of benzene rings is 3. The normalized spacial score (nSPS) is 10.8. The molecule has 0 aliphatic heterocycles. The quantitative estimate of drug-likeness (QED) is 0.455. The molecular weight excluding hydrogens is 370 g/mol. The van der Waals surface area contributed by atoms with E-state index < -0.39 is 4.92 Å². The summed E-state index contributed by atoms with van der Waals surface area (Å²) in [5.74, 6) is 0.459. The van der Waals surface area contributed by atoms with Crippen molar-refractivity contribution in [2.75, 3.05) is 12.4 Å². The number of rotatable bonds is 7. The summed E-state index contributed by atoms with van der Waals surface area (Å²) in [5, 5.41) is 19.4. The van der Waals surface area contributed by atoms with Crippen molar-refractivity contribution in [1.29, 1.82) is 0 Å². The molecule has 0 heterocycles. The predicted molar refractivity (Wildman–Crippen MR) is 114 cm³/mol. The summed E-state index contributed by atoms with van der Waals surface area (Å²) in [6, 6.07) is 16.2. The van der Waals surface area contributed by atoms with Crippen LogP contribution in [0.15, 0.2) is 54.6 Å². The molecule has 0 bridgehead atoms. The fourth-order valence-corrected chi connectivity index (χ4v) is 3.03. The zero-order chi connectivity index (χ0) is 21.0. The molecule has 0 unspecified atom stereocenters. The molecule has 3 aromatic rings. The summed E-state index contributed by atoms with van der Waals surface area (Å²) in [6.07, 6.45) is 0. The number of nitrogens with one attached hydrogen (secondary N) is 2. The summed E-state index contributed by atoms with van der Waals surface area (Å²) in [4.78, 5) is 23.1. The van der Waals surface area contributed by atoms with E-state index in [-0.39, 0.29) is 23.2 Å². The van der Waals surface area contributed by atoms with Crippen LogP contribution < -0.4 is 15.4 Å². The number of anilines is 1. The Morgan fingerprint density at radius 1 is 1.07 bits per heavy atom. The molecule has 7 nitrogen and oxygen atoms in total. The molecule has 29 heavy (non-hydrogen) atoms. The first kappa shape index (κ1) is 20.1. The maximum absolute atomic E-state index is 12.1. The molecule has 0 aliphatic rings. The Labute approximate surface area is 168 Å². The Hall–Kier alpha value is -3.61. The van der Waals surface area contributed by atoms with E-state index in [1.54, 1.807) is 19.2 Å². The van der Waals surface area contributed by atoms with Crippen LogP contribution in [0.2, 0.25) is 0 Å². The fourth-order valence-electron chi connectivity index (χ4n) is 3.03. The number of nitro groups is 1. The van der Waals surface area contributed by atoms with Gasteiger partial charge >= 0.3 is 0 Å². The first-order chi connectivity index (χ1) is 13.9. The molecule has 2 N–H and O–H groups in total. The standard InChI is InChI=1S/C22H23N3O4/c1-14(2)24-22(26)18-7-9-20(21(12-18)25(27)28)23-13-15-4-5-17-11-19(29-3)8-6-16(17)10-15/h4-12,14,23H,13H2,1-3H3,(H,24,26). The molecule has 0 saturated heterocycles. The molecule has 0 fully saturated rings. The highest BCUT2D eigenvalue weighted by molar-refractivity contribution is 5.95. The number of nitrogens with zero attached hydrogens (tertiary/aromatic N) is 1. The molecule has 0 aliphatic carbocycles. The molecule has 1 amide bonds. The number of nitro benzene ring substituents is 1. The van der Waals surface area contributed by atoms with E-state index in [2.05, 4.69) is 10.6 Å². The number of ether oxygens (including phenoxy) is 1. The van der Waals surface area contributed by atoms with E-state index in [9.17, 15) is 14.9 Å². The van der Waals surface area contributed by atoms with Crippen LogP contribution in [0.3, 0.4) is 0 Å². The van der Waals surface area contributed by atoms with Gasteiger partial charge in [0, 0.05) is 24.2 Å². The van der Waals surface area contributed by atoms with Crippen LogP contribution >= 0.6 is 0 Å². The summed E-state index contributed by atoms with van der Waals surface area (Å²) in [7, 11) is 1.63. The van der Waals surface area contributed by atoms with Crippen molar-refractivity contribution in [1.82, 2.24) is 5.32 Å². The lowest BCUT2D eigenvalue weighted by Crippen LogP contribution is -2.30. The lowest BCUT2D eigenvalue weighted by molar-refractivity contribution is -0.384. The number of hydrogen-bond acceptors (Lipinski definition) is 5. The first-order valence-electron chi connectivity index (χ1n) is 9.27. The van der Waals surface area contributed by atoms with Crippen LogP contribution in [0, 0.1) is 10.1 Å². The van der Waals surface area contributed by atoms with Crippen LogP contribution in [0.25, 0.3) is 10.8 Å². The van der Waals surface area contributed by atoms with Gasteiger partial charge in [0.15, 0.2) is 0 Å². The topological polar surface area (TPSA) is 93.5 Å². The van der Waals surface area contributed by atoms with Crippen molar-refractivity contribution in [3.8, 4) is 5.75 Å². The predicted octanol–water partition coefficient (Wildman–Crippen LogP) is 4.51. The van der Waals surface area contributed by atoms with Gasteiger partial charge in [0.25, 0.3) is 11.6 Å². The Kier molecular flexibility index (Phi) is 5.97. The smallest absolute Gasteiger partial charge is 0.293 e. The summed E-state index contributed by atoms with van der Waals surface area (Å²) >= 11 is 0. The molecule has 0 spiro atoms. The highest BCUT2D eigenvalue weighted by Crippen LogP contribution is 2.27. The average Bonchev–Trinajstić information content (AvgIpc) is 2.70. The van der Waals surface area contributed by atoms with E-state index in [1.807, 2.05) is 50.2 Å². The summed E-state index contributed by atoms with van der Waals surface area (Å²) in [6.45, 7) is 4.09. The van der Waals surface area contributed by atoms with Crippen molar-refractivity contribution in [3.05, 3.63) is 75.8 Å². The van der Waals surface area contributed by atoms with Gasteiger partial charge in [-0.1, -0.05) is 18.2 Å². The third kappa shape index (κ3) is 4.82. The number of carbonyl (C=O) groups excluding carboxylic acids is 1. The van der Waals surface area contributed by atoms with Gasteiger partial charge in [0.05, 0.1) is 12.0 Å². The molecule has 0 saturated carbocycles. The van der Waals surface area contributed by atoms with Gasteiger partial charge in [-0.25, -0.2) is 0 Å². The molecule has 0 aromatic heterocycles. The van der Waals surface area contributed by atoms with E-state index in [0.29, 0.717) is 12.2 Å². The Morgan fingerprint density at radius 3 is 2.48 bits per heavy atom. The molecule has 3 rings (SSSR count). The minimum absolute atomic E-state index is 0.0489. The van der Waals surface area contributed by atoms with Crippen molar-refractivity contribution in [3.63, 3.8) is 0 Å². The van der Waals surface area contributed by atoms with Crippen molar-refractivity contribution in [2.24, 2.45) is 0 Å². The third-order valence-corrected chi connectivity index (χ3v) is 4.47. The van der Waals surface area contributed by atoms with Crippen molar-refractivity contribution >= 4 is 28.1 Å². The molecule has 3 aromatic carbocycles. The van der Waals surface area contributed by atoms with Crippen LogP contribution in [-0.2, 0) is 6.54 Å². The minimum Gasteiger partial charge on any atom is -0.497 e. The molecule has 0 radical (unpaired) electrons. The second kappa shape index (κ2) is 8.60. The van der Waals surface area contributed by atoms with E-state index in [4.69, 9.17) is 4.74 Å². The third-order valence-electron chi connectivity index (χ3n) is 4.47. The van der Waals surface area contributed by atoms with Crippen LogP contribution in [-0.4, -0.2) is 24.0 Å². The lowest BCUT2D eigenvalue weighted by atomic mass is 10.1. The fraction of sp³-hybridized carbons (Fsp3) is 0.227. The van der Waals surface area contributed by atoms with Crippen molar-refractivity contribution in [2.45, 2.75) is 26.4 Å². The zero-order valence-electron chi connectivity index (χ0n) is 16.6. The number of methoxy groups -OCH3 is 1. The van der Waals surface area contributed by atoms with Gasteiger partial charge in [-0.2, -0.15) is 0 Å². The maximum atomic E-state index is 12.1. The number of hydrogen-bond donors (Lipinski definition) is 2. The SMILES string of the molecule is COc1ccc2cc(CNc3ccc(C(=O)NC(C)C)cc3[N+](=O)[O-])ccc2c1. The van der Waals surface area contributed by atoms with Gasteiger partial charge in [-0.15, -0.1) is 0 Å². The van der Waals surface area contributed by atoms with Crippen LogP contribution in [0.4, 0.5) is 11.4 Å². The molecule has 0 atom stereocenters. The number of carbonyl (C=O) groups is 1. The largest absolute Gasteiger partial charge is 0.497 e. The second-order valence-corrected chi connectivity index (χ2v) is 7.02. The summed E-state index contributed by atoms with van der Waals surface area (Å²) in [5.41, 5.74) is 1.48. The monoisotopic (exact) mass is 393 g/mol. The van der Waals surface area contributed by atoms with Gasteiger partial charge in [-0.05, 0) is 60.5 Å². The molecule has 7 heteroatoms. The Bertz CT molecular complexity index is 1060. The maximum Gasteiger partial charge on any atom is 0.293 e. The van der Waals surface area contributed by atoms with E-state index in [1.165, 1.54) is 6.07 Å². The summed E-state index contributed by atoms with van der Waals surface area (Å²) < 4.78 is 5.24. The molecular formula is C22H23N3O4. The first-order valence-corrected chi connectivity index (χ1v) is 9.27. The van der Waals surface area contributed by atoms with Gasteiger partial charge in [0.1, 0.15) is 11.4 Å². The minimum atomic E-state index is -0.485.